The van der Waals surface area contributed by atoms with Crippen molar-refractivity contribution in [3.05, 3.63) is 89.2 Å². The Morgan fingerprint density at radius 3 is 2.09 bits per heavy atom. The zero-order chi connectivity index (χ0) is 24.4. The minimum absolute atomic E-state index is 0.144. The summed E-state index contributed by atoms with van der Waals surface area (Å²) in [6.07, 6.45) is 0. The number of carbonyl (C=O) groups is 2. The van der Waals surface area contributed by atoms with Gasteiger partial charge in [-0.3, -0.25) is 14.5 Å². The molecule has 1 N–H and O–H groups in total. The number of ketones is 1. The van der Waals surface area contributed by atoms with Gasteiger partial charge in [0.15, 0.2) is 11.5 Å². The molecular formula is C26H22FNO6. The van der Waals surface area contributed by atoms with E-state index in [9.17, 15) is 19.1 Å². The van der Waals surface area contributed by atoms with Gasteiger partial charge in [-0.2, -0.15) is 0 Å². The number of aliphatic hydroxyl groups excluding tert-OH is 1. The Balaban J connectivity index is 2.02. The summed E-state index contributed by atoms with van der Waals surface area (Å²) in [5.74, 6) is -1.82. The summed E-state index contributed by atoms with van der Waals surface area (Å²) in [5, 5.41) is 11.1. The molecule has 1 amide bonds. The molecule has 1 heterocycles. The Hall–Kier alpha value is -4.33. The van der Waals surface area contributed by atoms with Crippen molar-refractivity contribution in [1.29, 1.82) is 0 Å². The van der Waals surface area contributed by atoms with Gasteiger partial charge in [0.2, 0.25) is 5.75 Å². The molecule has 1 aliphatic heterocycles. The van der Waals surface area contributed by atoms with Crippen LogP contribution >= 0.6 is 0 Å². The first-order valence-corrected chi connectivity index (χ1v) is 10.3. The predicted molar refractivity (Wildman–Crippen MR) is 124 cm³/mol. The molecule has 0 radical (unpaired) electrons. The Morgan fingerprint density at radius 2 is 1.53 bits per heavy atom. The van der Waals surface area contributed by atoms with Crippen molar-refractivity contribution < 1.29 is 33.3 Å². The number of rotatable bonds is 6. The molecule has 7 nitrogen and oxygen atoms in total. The van der Waals surface area contributed by atoms with E-state index in [4.69, 9.17) is 14.2 Å². The van der Waals surface area contributed by atoms with Gasteiger partial charge in [0.1, 0.15) is 11.6 Å². The molecule has 0 bridgehead atoms. The third kappa shape index (κ3) is 3.83. The number of aliphatic hydroxyl groups is 1. The molecule has 1 saturated heterocycles. The lowest BCUT2D eigenvalue weighted by Gasteiger charge is -2.26. The number of nitrogens with zero attached hydrogens (tertiary/aromatic N) is 1. The molecule has 0 spiro atoms. The van der Waals surface area contributed by atoms with Gasteiger partial charge in [-0.15, -0.1) is 0 Å². The first kappa shape index (κ1) is 22.8. The van der Waals surface area contributed by atoms with Crippen LogP contribution < -0.4 is 19.1 Å². The average Bonchev–Trinajstić information content (AvgIpc) is 3.13. The molecular weight excluding hydrogens is 441 g/mol. The molecule has 8 heteroatoms. The van der Waals surface area contributed by atoms with E-state index in [1.165, 1.54) is 39.5 Å². The van der Waals surface area contributed by atoms with E-state index in [2.05, 4.69) is 0 Å². The van der Waals surface area contributed by atoms with E-state index >= 15 is 0 Å². The van der Waals surface area contributed by atoms with Crippen molar-refractivity contribution >= 4 is 23.1 Å². The van der Waals surface area contributed by atoms with E-state index < -0.39 is 23.5 Å². The third-order valence-electron chi connectivity index (χ3n) is 5.58. The number of ether oxygens (including phenoxy) is 3. The molecule has 0 aromatic heterocycles. The van der Waals surface area contributed by atoms with Crippen molar-refractivity contribution in [2.24, 2.45) is 0 Å². The zero-order valence-electron chi connectivity index (χ0n) is 18.7. The second kappa shape index (κ2) is 9.27. The van der Waals surface area contributed by atoms with Crippen molar-refractivity contribution in [2.75, 3.05) is 26.2 Å². The van der Waals surface area contributed by atoms with Crippen LogP contribution in [0.25, 0.3) is 5.76 Å². The van der Waals surface area contributed by atoms with E-state index in [1.807, 2.05) is 0 Å². The van der Waals surface area contributed by atoms with Crippen molar-refractivity contribution in [3.8, 4) is 17.2 Å². The largest absolute Gasteiger partial charge is 0.507 e. The van der Waals surface area contributed by atoms with Crippen molar-refractivity contribution in [1.82, 2.24) is 0 Å². The molecule has 1 unspecified atom stereocenters. The summed E-state index contributed by atoms with van der Waals surface area (Å²) in [6.45, 7) is 0. The highest BCUT2D eigenvalue weighted by atomic mass is 19.1. The van der Waals surface area contributed by atoms with E-state index in [-0.39, 0.29) is 17.0 Å². The fourth-order valence-electron chi connectivity index (χ4n) is 4.05. The van der Waals surface area contributed by atoms with Crippen LogP contribution in [0.3, 0.4) is 0 Å². The number of Topliss-reactive ketones (excluding diaryl/α,β-unsaturated/α-hetero) is 1. The first-order valence-electron chi connectivity index (χ1n) is 10.3. The smallest absolute Gasteiger partial charge is 0.300 e. The number of carbonyl (C=O) groups excluding carboxylic acids is 2. The fourth-order valence-corrected chi connectivity index (χ4v) is 4.05. The fraction of sp³-hybridized carbons (Fsp3) is 0.154. The Kier molecular flexibility index (Phi) is 6.23. The van der Waals surface area contributed by atoms with Gasteiger partial charge in [0.05, 0.1) is 32.9 Å². The highest BCUT2D eigenvalue weighted by molar-refractivity contribution is 6.51. The molecule has 1 fully saturated rings. The summed E-state index contributed by atoms with van der Waals surface area (Å²) in [4.78, 5) is 27.6. The van der Waals surface area contributed by atoms with Gasteiger partial charge in [-0.1, -0.05) is 36.4 Å². The highest BCUT2D eigenvalue weighted by Crippen LogP contribution is 2.47. The quantitative estimate of drug-likeness (QED) is 0.330. The molecule has 34 heavy (non-hydrogen) atoms. The molecule has 3 aromatic rings. The number of halogens is 1. The maximum absolute atomic E-state index is 14.1. The second-order valence-corrected chi connectivity index (χ2v) is 7.47. The maximum Gasteiger partial charge on any atom is 0.300 e. The van der Waals surface area contributed by atoms with Crippen LogP contribution in [0.4, 0.5) is 10.1 Å². The Bertz CT molecular complexity index is 1260. The van der Waals surface area contributed by atoms with Gasteiger partial charge < -0.3 is 19.3 Å². The van der Waals surface area contributed by atoms with Crippen LogP contribution in [0.15, 0.2) is 72.3 Å². The minimum Gasteiger partial charge on any atom is -0.507 e. The highest BCUT2D eigenvalue weighted by Gasteiger charge is 2.47. The normalized spacial score (nSPS) is 17.1. The lowest BCUT2D eigenvalue weighted by Crippen LogP contribution is -2.29. The van der Waals surface area contributed by atoms with Crippen LogP contribution in [-0.2, 0) is 9.59 Å². The van der Waals surface area contributed by atoms with Crippen LogP contribution in [0.5, 0.6) is 17.2 Å². The van der Waals surface area contributed by atoms with Gasteiger partial charge in [-0.05, 0) is 35.9 Å². The average molecular weight is 463 g/mol. The Labute approximate surface area is 195 Å². The predicted octanol–water partition coefficient (Wildman–Crippen LogP) is 4.48. The summed E-state index contributed by atoms with van der Waals surface area (Å²) in [5.41, 5.74) is 0.773. The van der Waals surface area contributed by atoms with Crippen LogP contribution in [0.1, 0.15) is 17.2 Å². The monoisotopic (exact) mass is 463 g/mol. The number of methoxy groups -OCH3 is 3. The summed E-state index contributed by atoms with van der Waals surface area (Å²) in [6, 6.07) is 15.8. The number of hydrogen-bond donors (Lipinski definition) is 1. The van der Waals surface area contributed by atoms with Gasteiger partial charge in [0.25, 0.3) is 11.7 Å². The van der Waals surface area contributed by atoms with E-state index in [0.717, 1.165) is 11.0 Å². The number of hydrogen-bond acceptors (Lipinski definition) is 6. The molecule has 0 saturated carbocycles. The molecule has 3 aromatic carbocycles. The maximum atomic E-state index is 14.1. The van der Waals surface area contributed by atoms with E-state index in [1.54, 1.807) is 42.5 Å². The van der Waals surface area contributed by atoms with E-state index in [0.29, 0.717) is 28.4 Å². The van der Waals surface area contributed by atoms with Gasteiger partial charge >= 0.3 is 0 Å². The number of anilines is 1. The molecule has 1 atom stereocenters. The Morgan fingerprint density at radius 1 is 0.882 bits per heavy atom. The second-order valence-electron chi connectivity index (χ2n) is 7.47. The summed E-state index contributed by atoms with van der Waals surface area (Å²) in [7, 11) is 4.33. The summed E-state index contributed by atoms with van der Waals surface area (Å²) >= 11 is 0. The molecule has 0 aliphatic carbocycles. The van der Waals surface area contributed by atoms with Crippen LogP contribution in [0.2, 0.25) is 0 Å². The van der Waals surface area contributed by atoms with Gasteiger partial charge in [-0.25, -0.2) is 4.39 Å². The SMILES string of the molecule is COc1cc(C2/C(=C(\O)c3ccccc3)C(=O)C(=O)N2c2cccc(F)c2)cc(OC)c1OC. The molecule has 1 aliphatic rings. The number of amides is 1. The van der Waals surface area contributed by atoms with Crippen LogP contribution in [-0.4, -0.2) is 38.1 Å². The van der Waals surface area contributed by atoms with Gasteiger partial charge in [0, 0.05) is 11.3 Å². The standard InChI is InChI=1S/C26H22FNO6/c1-32-19-12-16(13-20(33-2)25(19)34-3)22-21(23(29)15-8-5-4-6-9-15)24(30)26(31)28(22)18-11-7-10-17(27)14-18/h4-14,22,29H,1-3H3/b23-21+. The lowest BCUT2D eigenvalue weighted by atomic mass is 9.94. The lowest BCUT2D eigenvalue weighted by molar-refractivity contribution is -0.132. The van der Waals surface area contributed by atoms with Crippen molar-refractivity contribution in [3.63, 3.8) is 0 Å². The first-order chi connectivity index (χ1) is 16.4. The summed E-state index contributed by atoms with van der Waals surface area (Å²) < 4.78 is 30.4. The van der Waals surface area contributed by atoms with Crippen molar-refractivity contribution in [2.45, 2.75) is 6.04 Å². The molecule has 4 rings (SSSR count). The topological polar surface area (TPSA) is 85.3 Å². The zero-order valence-corrected chi connectivity index (χ0v) is 18.7. The third-order valence-corrected chi connectivity index (χ3v) is 5.58. The number of benzene rings is 3. The molecule has 174 valence electrons. The minimum atomic E-state index is -1.09. The van der Waals surface area contributed by atoms with Crippen LogP contribution in [0, 0.1) is 5.82 Å².